The molecule has 4 rings (SSSR count). The molecule has 8 nitrogen and oxygen atoms in total. The molecule has 0 bridgehead atoms. The number of piperidine rings is 1. The summed E-state index contributed by atoms with van der Waals surface area (Å²) in [4.78, 5) is 34.3. The predicted molar refractivity (Wildman–Crippen MR) is 109 cm³/mol. The third kappa shape index (κ3) is 5.71. The van der Waals surface area contributed by atoms with Gasteiger partial charge in [-0.15, -0.1) is 5.06 Å². The number of nitrogens with zero attached hydrogens (tertiary/aromatic N) is 3. The number of aromatic nitrogens is 1. The van der Waals surface area contributed by atoms with Crippen molar-refractivity contribution < 1.29 is 23.2 Å². The standard InChI is InChI=1S/C22H27F2N5O3/c23-22(24,12-16-2-1-9-26-14-16)13-17(18(30)28-21(15-25)5-6-21)27-19(31)32-29-10-7-20(3-4-20)8-11-29/h1-2,9,14,17H,3-8,10-13H2,(H,27,31)(H,28,30)/t17-/m0/s1. The Kier molecular flexibility index (Phi) is 6.03. The van der Waals surface area contributed by atoms with E-state index in [1.165, 1.54) is 36.4 Å². The van der Waals surface area contributed by atoms with Crippen LogP contribution in [0.1, 0.15) is 50.5 Å². The summed E-state index contributed by atoms with van der Waals surface area (Å²) >= 11 is 0. The van der Waals surface area contributed by atoms with Gasteiger partial charge in [0.05, 0.1) is 6.07 Å². The minimum absolute atomic E-state index is 0.317. The SMILES string of the molecule is N#CC1(NC(=O)[C@H](CC(F)(F)Cc2cccnc2)NC(=O)ON2CCC3(CC2)CC3)CC1. The fourth-order valence-electron chi connectivity index (χ4n) is 4.11. The summed E-state index contributed by atoms with van der Waals surface area (Å²) in [5, 5.41) is 15.5. The number of pyridine rings is 1. The maximum absolute atomic E-state index is 14.8. The van der Waals surface area contributed by atoms with E-state index in [9.17, 15) is 23.6 Å². The predicted octanol–water partition coefficient (Wildman–Crippen LogP) is 2.71. The van der Waals surface area contributed by atoms with Crippen molar-refractivity contribution in [1.82, 2.24) is 20.7 Å². The Labute approximate surface area is 185 Å². The van der Waals surface area contributed by atoms with Crippen LogP contribution in [0.2, 0.25) is 0 Å². The summed E-state index contributed by atoms with van der Waals surface area (Å²) in [5.41, 5.74) is -0.328. The molecule has 2 amide bonds. The zero-order valence-electron chi connectivity index (χ0n) is 17.8. The van der Waals surface area contributed by atoms with Gasteiger partial charge in [0.25, 0.3) is 5.92 Å². The van der Waals surface area contributed by atoms with Gasteiger partial charge in [-0.3, -0.25) is 9.78 Å². The fourth-order valence-corrected chi connectivity index (χ4v) is 4.11. The number of halogens is 2. The highest BCUT2D eigenvalue weighted by Gasteiger charge is 2.48. The van der Waals surface area contributed by atoms with Crippen molar-refractivity contribution in [1.29, 1.82) is 5.26 Å². The molecule has 1 aromatic heterocycles. The first-order valence-corrected chi connectivity index (χ1v) is 11.0. The van der Waals surface area contributed by atoms with E-state index in [0.29, 0.717) is 36.9 Å². The summed E-state index contributed by atoms with van der Waals surface area (Å²) in [6.07, 6.45) is 5.48. The van der Waals surface area contributed by atoms with Crippen LogP contribution in [0.25, 0.3) is 0 Å². The molecule has 2 saturated carbocycles. The topological polar surface area (TPSA) is 107 Å². The van der Waals surface area contributed by atoms with Crippen LogP contribution >= 0.6 is 0 Å². The van der Waals surface area contributed by atoms with Crippen LogP contribution in [0.3, 0.4) is 0 Å². The summed E-state index contributed by atoms with van der Waals surface area (Å²) in [5.74, 6) is -4.10. The zero-order valence-corrected chi connectivity index (χ0v) is 17.8. The summed E-state index contributed by atoms with van der Waals surface area (Å²) in [6.45, 7) is 1.16. The van der Waals surface area contributed by atoms with Gasteiger partial charge in [-0.2, -0.15) is 5.26 Å². The van der Waals surface area contributed by atoms with Crippen molar-refractivity contribution in [3.05, 3.63) is 30.1 Å². The molecule has 1 spiro atoms. The zero-order chi connectivity index (χ0) is 22.8. The number of hydrogen-bond acceptors (Lipinski definition) is 6. The average Bonchev–Trinajstić information content (AvgIpc) is 3.68. The minimum atomic E-state index is -3.29. The van der Waals surface area contributed by atoms with Gasteiger partial charge in [-0.25, -0.2) is 13.6 Å². The molecule has 3 fully saturated rings. The first kappa shape index (κ1) is 22.4. The van der Waals surface area contributed by atoms with Crippen LogP contribution in [0.15, 0.2) is 24.5 Å². The van der Waals surface area contributed by atoms with Crippen molar-refractivity contribution in [3.63, 3.8) is 0 Å². The fraction of sp³-hybridized carbons (Fsp3) is 0.636. The quantitative estimate of drug-likeness (QED) is 0.635. The van der Waals surface area contributed by atoms with Crippen LogP contribution in [0.4, 0.5) is 13.6 Å². The second kappa shape index (κ2) is 8.62. The van der Waals surface area contributed by atoms with Gasteiger partial charge in [0.15, 0.2) is 0 Å². The number of carbonyl (C=O) groups excluding carboxylic acids is 2. The lowest BCUT2D eigenvalue weighted by molar-refractivity contribution is -0.131. The lowest BCUT2D eigenvalue weighted by Crippen LogP contribution is -2.53. The molecule has 1 aromatic rings. The maximum Gasteiger partial charge on any atom is 0.426 e. The Balaban J connectivity index is 1.38. The number of amides is 2. The van der Waals surface area contributed by atoms with E-state index >= 15 is 0 Å². The van der Waals surface area contributed by atoms with Crippen molar-refractivity contribution in [2.75, 3.05) is 13.1 Å². The number of rotatable bonds is 8. The largest absolute Gasteiger partial charge is 0.426 e. The normalized spacial score (nSPS) is 21.8. The van der Waals surface area contributed by atoms with E-state index in [1.807, 2.05) is 6.07 Å². The first-order valence-electron chi connectivity index (χ1n) is 11.0. The van der Waals surface area contributed by atoms with Crippen molar-refractivity contribution >= 4 is 12.0 Å². The maximum atomic E-state index is 14.8. The Morgan fingerprint density at radius 3 is 2.53 bits per heavy atom. The minimum Gasteiger partial charge on any atom is -0.351 e. The van der Waals surface area contributed by atoms with Crippen LogP contribution in [-0.4, -0.2) is 52.6 Å². The van der Waals surface area contributed by atoms with E-state index < -0.39 is 42.3 Å². The van der Waals surface area contributed by atoms with E-state index in [4.69, 9.17) is 4.84 Å². The van der Waals surface area contributed by atoms with E-state index in [0.717, 1.165) is 12.8 Å². The molecule has 2 heterocycles. The lowest BCUT2D eigenvalue weighted by atomic mass is 9.95. The number of alkyl halides is 2. The number of nitrogens with one attached hydrogen (secondary N) is 2. The molecule has 2 aliphatic carbocycles. The molecule has 10 heteroatoms. The van der Waals surface area contributed by atoms with Gasteiger partial charge < -0.3 is 15.5 Å². The van der Waals surface area contributed by atoms with Crippen LogP contribution < -0.4 is 10.6 Å². The van der Waals surface area contributed by atoms with Crippen molar-refractivity contribution in [2.45, 2.75) is 68.9 Å². The number of nitriles is 1. The Bertz CT molecular complexity index is 887. The molecule has 32 heavy (non-hydrogen) atoms. The second-order valence-corrected chi connectivity index (χ2v) is 9.29. The van der Waals surface area contributed by atoms with E-state index in [1.54, 1.807) is 6.07 Å². The van der Waals surface area contributed by atoms with Crippen LogP contribution in [-0.2, 0) is 16.1 Å². The average molecular weight is 447 g/mol. The highest BCUT2D eigenvalue weighted by atomic mass is 19.3. The third-order valence-corrected chi connectivity index (χ3v) is 6.58. The van der Waals surface area contributed by atoms with Gasteiger partial charge >= 0.3 is 6.09 Å². The molecule has 3 aliphatic rings. The highest BCUT2D eigenvalue weighted by Crippen LogP contribution is 2.53. The van der Waals surface area contributed by atoms with Crippen LogP contribution in [0.5, 0.6) is 0 Å². The number of hydroxylamine groups is 2. The molecule has 0 unspecified atom stereocenters. The summed E-state index contributed by atoms with van der Waals surface area (Å²) in [7, 11) is 0. The molecule has 1 saturated heterocycles. The highest BCUT2D eigenvalue weighted by molar-refractivity contribution is 5.86. The molecule has 2 N–H and O–H groups in total. The van der Waals surface area contributed by atoms with Gasteiger partial charge in [-0.05, 0) is 55.6 Å². The van der Waals surface area contributed by atoms with Gasteiger partial charge in [0.2, 0.25) is 5.91 Å². The van der Waals surface area contributed by atoms with Crippen molar-refractivity contribution in [2.24, 2.45) is 5.41 Å². The number of hydrogen-bond donors (Lipinski definition) is 2. The molecule has 172 valence electrons. The Morgan fingerprint density at radius 1 is 1.25 bits per heavy atom. The lowest BCUT2D eigenvalue weighted by Gasteiger charge is -2.31. The Morgan fingerprint density at radius 2 is 1.97 bits per heavy atom. The second-order valence-electron chi connectivity index (χ2n) is 9.29. The summed E-state index contributed by atoms with van der Waals surface area (Å²) < 4.78 is 29.6. The molecular weight excluding hydrogens is 420 g/mol. The van der Waals surface area contributed by atoms with Crippen LogP contribution in [0, 0.1) is 16.7 Å². The number of carbonyl (C=O) groups is 2. The molecular formula is C22H27F2N5O3. The van der Waals surface area contributed by atoms with E-state index in [2.05, 4.69) is 15.6 Å². The Hall–Kier alpha value is -2.80. The monoisotopic (exact) mass is 447 g/mol. The van der Waals surface area contributed by atoms with Gasteiger partial charge in [0, 0.05) is 38.3 Å². The van der Waals surface area contributed by atoms with E-state index in [-0.39, 0.29) is 0 Å². The summed E-state index contributed by atoms with van der Waals surface area (Å²) in [6, 6.07) is 3.53. The smallest absolute Gasteiger partial charge is 0.351 e. The molecule has 0 radical (unpaired) electrons. The van der Waals surface area contributed by atoms with Crippen molar-refractivity contribution in [3.8, 4) is 6.07 Å². The first-order chi connectivity index (χ1) is 15.2. The molecule has 1 aliphatic heterocycles. The molecule has 1 atom stereocenters. The van der Waals surface area contributed by atoms with Gasteiger partial charge in [-0.1, -0.05) is 6.07 Å². The third-order valence-electron chi connectivity index (χ3n) is 6.58. The van der Waals surface area contributed by atoms with Gasteiger partial charge in [0.1, 0.15) is 11.6 Å². The molecule has 0 aromatic carbocycles.